The number of hydrogen-bond donors (Lipinski definition) is 1. The number of carbonyl (C=O) groups is 2. The highest BCUT2D eigenvalue weighted by Gasteiger charge is 2.35. The Morgan fingerprint density at radius 3 is 2.88 bits per heavy atom. The molecular weight excluding hydrogens is 352 g/mol. The predicted molar refractivity (Wildman–Crippen MR) is 100 cm³/mol. The van der Waals surface area contributed by atoms with Crippen LogP contribution in [-0.4, -0.2) is 43.7 Å². The van der Waals surface area contributed by atoms with Gasteiger partial charge in [-0.2, -0.15) is 0 Å². The molecule has 3 rings (SSSR count). The van der Waals surface area contributed by atoms with Gasteiger partial charge in [-0.05, 0) is 25.0 Å². The number of aromatic nitrogens is 1. The Balaban J connectivity index is 1.62. The van der Waals surface area contributed by atoms with Gasteiger partial charge in [-0.3, -0.25) is 9.59 Å². The van der Waals surface area contributed by atoms with Crippen molar-refractivity contribution < 1.29 is 19.1 Å². The maximum absolute atomic E-state index is 12.6. The normalized spacial score (nSPS) is 20.0. The van der Waals surface area contributed by atoms with Crippen LogP contribution >= 0.6 is 11.3 Å². The number of benzene rings is 1. The summed E-state index contributed by atoms with van der Waals surface area (Å²) >= 11 is 1.65. The van der Waals surface area contributed by atoms with Crippen LogP contribution in [0.3, 0.4) is 0 Å². The van der Waals surface area contributed by atoms with Crippen LogP contribution in [0.1, 0.15) is 36.6 Å². The summed E-state index contributed by atoms with van der Waals surface area (Å²) in [6, 6.07) is 8.02. The van der Waals surface area contributed by atoms with Gasteiger partial charge in [0.1, 0.15) is 0 Å². The van der Waals surface area contributed by atoms with Crippen LogP contribution in [0.15, 0.2) is 24.3 Å². The summed E-state index contributed by atoms with van der Waals surface area (Å²) in [7, 11) is 1.57. The third kappa shape index (κ3) is 4.59. The molecule has 1 heterocycles. The zero-order chi connectivity index (χ0) is 18.4. The van der Waals surface area contributed by atoms with E-state index in [-0.39, 0.29) is 30.3 Å². The van der Waals surface area contributed by atoms with E-state index >= 15 is 0 Å². The van der Waals surface area contributed by atoms with Crippen molar-refractivity contribution in [3.05, 3.63) is 29.3 Å². The molecular formula is C19H24N2O4S. The number of esters is 1. The molecule has 2 aromatic rings. The third-order valence-corrected chi connectivity index (χ3v) is 5.84. The average Bonchev–Trinajstić information content (AvgIpc) is 3.10. The average molecular weight is 376 g/mol. The molecule has 0 radical (unpaired) electrons. The van der Waals surface area contributed by atoms with Gasteiger partial charge in [0.2, 0.25) is 0 Å². The van der Waals surface area contributed by atoms with E-state index in [1.165, 1.54) is 0 Å². The quantitative estimate of drug-likeness (QED) is 0.594. The standard InChI is InChI=1S/C19H24N2O4S/c1-24-11-10-20-17(22)12-25-19(23)14-7-3-2-6-13(14)18-21-15-8-4-5-9-16(15)26-18/h4-5,8-9,13-14H,2-3,6-7,10-12H2,1H3,(H,20,22)/t13-,14-/m0/s1. The number of nitrogens with one attached hydrogen (secondary N) is 1. The number of hydrogen-bond acceptors (Lipinski definition) is 6. The van der Waals surface area contributed by atoms with Gasteiger partial charge in [0, 0.05) is 19.6 Å². The number of rotatable bonds is 7. The Kier molecular flexibility index (Phi) is 6.57. The van der Waals surface area contributed by atoms with Crippen molar-refractivity contribution >= 4 is 33.4 Å². The Hall–Kier alpha value is -1.99. The summed E-state index contributed by atoms with van der Waals surface area (Å²) in [6.07, 6.45) is 3.80. The first kappa shape index (κ1) is 18.8. The highest BCUT2D eigenvalue weighted by atomic mass is 32.1. The highest BCUT2D eigenvalue weighted by molar-refractivity contribution is 7.18. The van der Waals surface area contributed by atoms with Gasteiger partial charge in [0.15, 0.2) is 6.61 Å². The molecule has 26 heavy (non-hydrogen) atoms. The summed E-state index contributed by atoms with van der Waals surface area (Å²) in [5.41, 5.74) is 0.975. The molecule has 0 spiro atoms. The third-order valence-electron chi connectivity index (χ3n) is 4.67. The maximum Gasteiger partial charge on any atom is 0.310 e. The number of methoxy groups -OCH3 is 1. The Labute approximate surface area is 156 Å². The minimum atomic E-state index is -0.303. The van der Waals surface area contributed by atoms with Gasteiger partial charge in [-0.25, -0.2) is 4.98 Å². The highest BCUT2D eigenvalue weighted by Crippen LogP contribution is 2.41. The number of carbonyl (C=O) groups excluding carboxylic acids is 2. The predicted octanol–water partition coefficient (Wildman–Crippen LogP) is 2.88. The molecule has 1 amide bonds. The first-order valence-corrected chi connectivity index (χ1v) is 9.78. The molecule has 1 N–H and O–H groups in total. The van der Waals surface area contributed by atoms with E-state index in [1.807, 2.05) is 18.2 Å². The summed E-state index contributed by atoms with van der Waals surface area (Å²) in [5, 5.41) is 3.65. The number of amides is 1. The van der Waals surface area contributed by atoms with Crippen molar-refractivity contribution in [2.45, 2.75) is 31.6 Å². The van der Waals surface area contributed by atoms with Crippen LogP contribution in [0.25, 0.3) is 10.2 Å². The van der Waals surface area contributed by atoms with Crippen LogP contribution in [0.5, 0.6) is 0 Å². The molecule has 1 aromatic heterocycles. The largest absolute Gasteiger partial charge is 0.455 e. The van der Waals surface area contributed by atoms with Gasteiger partial charge in [0.25, 0.3) is 5.91 Å². The van der Waals surface area contributed by atoms with Crippen LogP contribution in [0.4, 0.5) is 0 Å². The van der Waals surface area contributed by atoms with Crippen molar-refractivity contribution in [3.8, 4) is 0 Å². The van der Waals surface area contributed by atoms with Gasteiger partial charge in [-0.15, -0.1) is 11.3 Å². The molecule has 0 unspecified atom stereocenters. The monoisotopic (exact) mass is 376 g/mol. The SMILES string of the molecule is COCCNC(=O)COC(=O)[C@H]1CCCC[C@@H]1c1nc2ccccc2s1. The molecule has 0 saturated heterocycles. The summed E-state index contributed by atoms with van der Waals surface area (Å²) < 4.78 is 11.3. The van der Waals surface area contributed by atoms with E-state index < -0.39 is 0 Å². The van der Waals surface area contributed by atoms with Gasteiger partial charge in [-0.1, -0.05) is 25.0 Å². The van der Waals surface area contributed by atoms with Gasteiger partial charge in [0.05, 0.1) is 27.7 Å². The Morgan fingerprint density at radius 1 is 1.27 bits per heavy atom. The van der Waals surface area contributed by atoms with Crippen molar-refractivity contribution in [3.63, 3.8) is 0 Å². The Morgan fingerprint density at radius 2 is 2.08 bits per heavy atom. The van der Waals surface area contributed by atoms with E-state index in [1.54, 1.807) is 18.4 Å². The maximum atomic E-state index is 12.6. The van der Waals surface area contributed by atoms with Gasteiger partial charge >= 0.3 is 5.97 Å². The molecule has 1 saturated carbocycles. The van der Waals surface area contributed by atoms with Crippen molar-refractivity contribution in [1.82, 2.24) is 10.3 Å². The van der Waals surface area contributed by atoms with Gasteiger partial charge < -0.3 is 14.8 Å². The number of nitrogens with zero attached hydrogens (tertiary/aromatic N) is 1. The zero-order valence-corrected chi connectivity index (χ0v) is 15.7. The molecule has 0 aliphatic heterocycles. The lowest BCUT2D eigenvalue weighted by Crippen LogP contribution is -2.34. The number of para-hydroxylation sites is 1. The van der Waals surface area contributed by atoms with Crippen LogP contribution in [0, 0.1) is 5.92 Å². The minimum absolute atomic E-state index is 0.0743. The summed E-state index contributed by atoms with van der Waals surface area (Å²) in [6.45, 7) is 0.595. The van der Waals surface area contributed by atoms with Crippen LogP contribution < -0.4 is 5.32 Å². The lowest BCUT2D eigenvalue weighted by atomic mass is 9.79. The lowest BCUT2D eigenvalue weighted by Gasteiger charge is -2.28. The Bertz CT molecular complexity index is 728. The fourth-order valence-corrected chi connectivity index (χ4v) is 4.51. The zero-order valence-electron chi connectivity index (χ0n) is 14.9. The lowest BCUT2D eigenvalue weighted by molar-refractivity contribution is -0.154. The van der Waals surface area contributed by atoms with E-state index in [2.05, 4.69) is 11.4 Å². The second-order valence-electron chi connectivity index (χ2n) is 6.47. The van der Waals surface area contributed by atoms with Crippen molar-refractivity contribution in [2.75, 3.05) is 26.9 Å². The second kappa shape index (κ2) is 9.09. The summed E-state index contributed by atoms with van der Waals surface area (Å²) in [4.78, 5) is 29.0. The fraction of sp³-hybridized carbons (Fsp3) is 0.526. The van der Waals surface area contributed by atoms with Crippen molar-refractivity contribution in [1.29, 1.82) is 0 Å². The smallest absolute Gasteiger partial charge is 0.310 e. The second-order valence-corrected chi connectivity index (χ2v) is 7.53. The fourth-order valence-electron chi connectivity index (χ4n) is 3.34. The molecule has 2 atom stereocenters. The first-order chi connectivity index (χ1) is 12.7. The van der Waals surface area contributed by atoms with E-state index in [4.69, 9.17) is 14.5 Å². The number of ether oxygens (including phenoxy) is 2. The van der Waals surface area contributed by atoms with Crippen LogP contribution in [-0.2, 0) is 19.1 Å². The summed E-state index contributed by atoms with van der Waals surface area (Å²) in [5.74, 6) is -0.750. The molecule has 7 heteroatoms. The molecule has 0 bridgehead atoms. The van der Waals surface area contributed by atoms with E-state index in [0.717, 1.165) is 40.9 Å². The van der Waals surface area contributed by atoms with Crippen LogP contribution in [0.2, 0.25) is 0 Å². The molecule has 6 nitrogen and oxygen atoms in total. The molecule has 1 aliphatic rings. The topological polar surface area (TPSA) is 77.5 Å². The first-order valence-electron chi connectivity index (χ1n) is 8.97. The number of thiazole rings is 1. The molecule has 1 aromatic carbocycles. The van der Waals surface area contributed by atoms with E-state index in [9.17, 15) is 9.59 Å². The minimum Gasteiger partial charge on any atom is -0.455 e. The molecule has 1 aliphatic carbocycles. The van der Waals surface area contributed by atoms with Crippen molar-refractivity contribution in [2.24, 2.45) is 5.92 Å². The number of fused-ring (bicyclic) bond motifs is 1. The molecule has 1 fully saturated rings. The van der Waals surface area contributed by atoms with E-state index in [0.29, 0.717) is 13.2 Å². The molecule has 140 valence electrons.